The van der Waals surface area contributed by atoms with Crippen LogP contribution in [0.5, 0.6) is 0 Å². The summed E-state index contributed by atoms with van der Waals surface area (Å²) in [6.07, 6.45) is 0.467. The van der Waals surface area contributed by atoms with Crippen molar-refractivity contribution < 1.29 is 33.0 Å². The van der Waals surface area contributed by atoms with Crippen LogP contribution < -0.4 is 5.32 Å². The first kappa shape index (κ1) is 21.0. The van der Waals surface area contributed by atoms with Gasteiger partial charge in [0.1, 0.15) is 18.1 Å². The number of rotatable bonds is 4. The molecule has 0 aromatic heterocycles. The highest BCUT2D eigenvalue weighted by atomic mass is 35.5. The van der Waals surface area contributed by atoms with Gasteiger partial charge in [0.25, 0.3) is 11.8 Å². The molecule has 2 fully saturated rings. The molecule has 160 valence electrons. The smallest absolute Gasteiger partial charge is 0.313 e. The van der Waals surface area contributed by atoms with Crippen molar-refractivity contribution in [3.8, 4) is 0 Å². The molecule has 3 heterocycles. The number of amides is 1. The third-order valence-corrected chi connectivity index (χ3v) is 6.44. The summed E-state index contributed by atoms with van der Waals surface area (Å²) in [6.45, 7) is 2.30. The van der Waals surface area contributed by atoms with Crippen LogP contribution in [0, 0.1) is 11.8 Å². The third kappa shape index (κ3) is 2.75. The van der Waals surface area contributed by atoms with Gasteiger partial charge in [0, 0.05) is 23.0 Å². The van der Waals surface area contributed by atoms with E-state index in [0.29, 0.717) is 0 Å². The molecule has 3 aliphatic rings. The lowest BCUT2D eigenvalue weighted by Gasteiger charge is -2.36. The molecule has 11 heteroatoms. The molecule has 7 nitrogen and oxygen atoms in total. The molecular weight excluding hydrogens is 445 g/mol. The van der Waals surface area contributed by atoms with E-state index in [2.05, 4.69) is 11.9 Å². The van der Waals surface area contributed by atoms with E-state index in [1.807, 2.05) is 0 Å². The second-order valence-corrected chi connectivity index (χ2v) is 8.39. The lowest BCUT2D eigenvalue weighted by Crippen LogP contribution is -2.54. The SMILES string of the molecule is C=CCOC(=O)[C@@H]1[C@@H](C(=O)O)[C@H]2CC(F)(F)CN2C12C(=O)Nc1c(Cl)cc(Cl)cc12. The fourth-order valence-corrected chi connectivity index (χ4v) is 5.54. The summed E-state index contributed by atoms with van der Waals surface area (Å²) >= 11 is 12.3. The van der Waals surface area contributed by atoms with Gasteiger partial charge in [-0.05, 0) is 12.1 Å². The molecule has 1 unspecified atom stereocenters. The van der Waals surface area contributed by atoms with E-state index in [9.17, 15) is 28.3 Å². The number of nitrogens with one attached hydrogen (secondary N) is 1. The second-order valence-electron chi connectivity index (χ2n) is 7.55. The number of hydrogen-bond acceptors (Lipinski definition) is 5. The topological polar surface area (TPSA) is 95.9 Å². The van der Waals surface area contributed by atoms with E-state index in [-0.39, 0.29) is 27.9 Å². The minimum Gasteiger partial charge on any atom is -0.481 e. The van der Waals surface area contributed by atoms with Crippen molar-refractivity contribution in [3.05, 3.63) is 40.4 Å². The van der Waals surface area contributed by atoms with Gasteiger partial charge in [-0.2, -0.15) is 0 Å². The van der Waals surface area contributed by atoms with E-state index < -0.39 is 60.2 Å². The fraction of sp³-hybridized carbons (Fsp3) is 0.421. The standard InChI is InChI=1S/C19H16Cl2F2N2O5/c1-2-3-30-16(28)13-12(15(26)27)11-6-18(22,23)7-25(11)19(13)9-4-8(20)5-10(21)14(9)24-17(19)29/h2,4-5,11-13H,1,3,6-7H2,(H,24,29)(H,26,27)/t11-,12+,13+,19?/m1/s1. The first-order valence-electron chi connectivity index (χ1n) is 9.00. The zero-order valence-corrected chi connectivity index (χ0v) is 16.8. The Kier molecular flexibility index (Phi) is 4.83. The van der Waals surface area contributed by atoms with Crippen LogP contribution in [0.4, 0.5) is 14.5 Å². The van der Waals surface area contributed by atoms with Gasteiger partial charge in [-0.1, -0.05) is 35.9 Å². The van der Waals surface area contributed by atoms with Crippen molar-refractivity contribution in [2.24, 2.45) is 11.8 Å². The van der Waals surface area contributed by atoms with Crippen molar-refractivity contribution in [2.45, 2.75) is 23.9 Å². The maximum atomic E-state index is 14.4. The first-order chi connectivity index (χ1) is 14.0. The summed E-state index contributed by atoms with van der Waals surface area (Å²) in [7, 11) is 0. The highest BCUT2D eigenvalue weighted by Gasteiger charge is 2.74. The number of carboxylic acid groups (broad SMARTS) is 1. The van der Waals surface area contributed by atoms with E-state index in [4.69, 9.17) is 27.9 Å². The summed E-state index contributed by atoms with van der Waals surface area (Å²) in [4.78, 5) is 39.6. The lowest BCUT2D eigenvalue weighted by atomic mass is 9.74. The molecule has 1 aromatic rings. The number of nitrogens with zero attached hydrogens (tertiary/aromatic N) is 1. The molecule has 1 aromatic carbocycles. The largest absolute Gasteiger partial charge is 0.481 e. The molecular formula is C19H16Cl2F2N2O5. The summed E-state index contributed by atoms with van der Waals surface area (Å²) in [6, 6.07) is 1.42. The van der Waals surface area contributed by atoms with Gasteiger partial charge in [0.15, 0.2) is 0 Å². The molecule has 4 atom stereocenters. The van der Waals surface area contributed by atoms with Crippen LogP contribution in [0.2, 0.25) is 10.0 Å². The molecule has 0 aliphatic carbocycles. The first-order valence-corrected chi connectivity index (χ1v) is 9.76. The number of ether oxygens (including phenoxy) is 1. The fourth-order valence-electron chi connectivity index (χ4n) is 5.00. The van der Waals surface area contributed by atoms with Gasteiger partial charge in [-0.3, -0.25) is 19.3 Å². The van der Waals surface area contributed by atoms with Crippen LogP contribution in [0.15, 0.2) is 24.8 Å². The Morgan fingerprint density at radius 2 is 2.10 bits per heavy atom. The zero-order valence-electron chi connectivity index (χ0n) is 15.3. The summed E-state index contributed by atoms with van der Waals surface area (Å²) < 4.78 is 33.9. The number of carbonyl (C=O) groups is 3. The lowest BCUT2D eigenvalue weighted by molar-refractivity contribution is -0.161. The van der Waals surface area contributed by atoms with Crippen molar-refractivity contribution in [3.63, 3.8) is 0 Å². The number of carbonyl (C=O) groups excluding carboxylic acids is 2. The van der Waals surface area contributed by atoms with Crippen LogP contribution in [-0.4, -0.2) is 53.0 Å². The summed E-state index contributed by atoms with van der Waals surface area (Å²) in [5, 5.41) is 12.6. The summed E-state index contributed by atoms with van der Waals surface area (Å²) in [5.74, 6) is -9.74. The Bertz CT molecular complexity index is 988. The van der Waals surface area contributed by atoms with Crippen LogP contribution in [0.1, 0.15) is 12.0 Å². The molecule has 1 spiro atoms. The van der Waals surface area contributed by atoms with Gasteiger partial charge in [0.2, 0.25) is 0 Å². The quantitative estimate of drug-likeness (QED) is 0.529. The average Bonchev–Trinajstić information content (AvgIpc) is 3.20. The van der Waals surface area contributed by atoms with Crippen LogP contribution in [0.25, 0.3) is 0 Å². The Hall–Kier alpha value is -2.23. The van der Waals surface area contributed by atoms with E-state index in [1.165, 1.54) is 18.2 Å². The Balaban J connectivity index is 1.99. The maximum absolute atomic E-state index is 14.4. The number of alkyl halides is 2. The van der Waals surface area contributed by atoms with Crippen LogP contribution in [0.3, 0.4) is 0 Å². The van der Waals surface area contributed by atoms with Crippen LogP contribution >= 0.6 is 23.2 Å². The predicted molar refractivity (Wildman–Crippen MR) is 103 cm³/mol. The van der Waals surface area contributed by atoms with Crippen molar-refractivity contribution in [1.29, 1.82) is 0 Å². The number of carboxylic acids is 1. The zero-order chi connectivity index (χ0) is 22.0. The molecule has 2 saturated heterocycles. The molecule has 3 aliphatic heterocycles. The molecule has 1 amide bonds. The average molecular weight is 461 g/mol. The monoisotopic (exact) mass is 460 g/mol. The van der Waals surface area contributed by atoms with Crippen LogP contribution in [-0.2, 0) is 24.7 Å². The predicted octanol–water partition coefficient (Wildman–Crippen LogP) is 2.91. The number of anilines is 1. The molecule has 0 saturated carbocycles. The number of hydrogen-bond donors (Lipinski definition) is 2. The molecule has 0 bridgehead atoms. The van der Waals surface area contributed by atoms with Gasteiger partial charge in [0.05, 0.1) is 23.2 Å². The Morgan fingerprint density at radius 3 is 2.73 bits per heavy atom. The molecule has 30 heavy (non-hydrogen) atoms. The summed E-state index contributed by atoms with van der Waals surface area (Å²) in [5.41, 5.74) is -1.86. The number of fused-ring (bicyclic) bond motifs is 4. The maximum Gasteiger partial charge on any atom is 0.313 e. The minimum absolute atomic E-state index is 0.0437. The minimum atomic E-state index is -3.24. The van der Waals surface area contributed by atoms with E-state index in [1.54, 1.807) is 0 Å². The highest BCUT2D eigenvalue weighted by Crippen LogP contribution is 2.61. The Labute approximate surface area is 179 Å². The van der Waals surface area contributed by atoms with Crippen molar-refractivity contribution in [1.82, 2.24) is 4.90 Å². The van der Waals surface area contributed by atoms with E-state index >= 15 is 0 Å². The normalized spacial score (nSPS) is 31.3. The highest BCUT2D eigenvalue weighted by molar-refractivity contribution is 6.38. The van der Waals surface area contributed by atoms with Gasteiger partial charge in [-0.15, -0.1) is 0 Å². The number of halogens is 4. The van der Waals surface area contributed by atoms with Crippen molar-refractivity contribution >= 4 is 46.7 Å². The van der Waals surface area contributed by atoms with Gasteiger partial charge < -0.3 is 15.2 Å². The number of aliphatic carboxylic acids is 1. The number of benzene rings is 1. The Morgan fingerprint density at radius 1 is 1.40 bits per heavy atom. The molecule has 0 radical (unpaired) electrons. The molecule has 2 N–H and O–H groups in total. The van der Waals surface area contributed by atoms with Gasteiger partial charge >= 0.3 is 11.9 Å². The van der Waals surface area contributed by atoms with Crippen molar-refractivity contribution in [2.75, 3.05) is 18.5 Å². The third-order valence-electron chi connectivity index (χ3n) is 5.92. The van der Waals surface area contributed by atoms with Gasteiger partial charge in [-0.25, -0.2) is 8.78 Å². The number of esters is 1. The second kappa shape index (κ2) is 6.90. The van der Waals surface area contributed by atoms with E-state index in [0.717, 1.165) is 4.90 Å². The molecule has 4 rings (SSSR count).